The molecule has 1 aliphatic carbocycles. The third-order valence-electron chi connectivity index (χ3n) is 3.44. The van der Waals surface area contributed by atoms with Gasteiger partial charge in [0, 0.05) is 12.1 Å². The lowest BCUT2D eigenvalue weighted by molar-refractivity contribution is 0.0951. The van der Waals surface area contributed by atoms with Crippen LogP contribution in [0.25, 0.3) is 0 Å². The van der Waals surface area contributed by atoms with E-state index in [1.165, 1.54) is 6.07 Å². The standard InChI is InChI=1S/C13H18N2O3S/c1-8-5-11(13(16)15-7-10-3-4-10)6-12(9(8)2)19(14,17)18/h5-6,10H,3-4,7H2,1-2H3,(H,15,16)(H2,14,17,18). The van der Waals surface area contributed by atoms with Gasteiger partial charge in [0.25, 0.3) is 5.91 Å². The van der Waals surface area contributed by atoms with Crippen molar-refractivity contribution in [2.24, 2.45) is 11.1 Å². The number of hydrogen-bond donors (Lipinski definition) is 2. The van der Waals surface area contributed by atoms with Crippen molar-refractivity contribution in [1.82, 2.24) is 5.32 Å². The summed E-state index contributed by atoms with van der Waals surface area (Å²) in [7, 11) is -3.81. The van der Waals surface area contributed by atoms with Crippen LogP contribution in [0.3, 0.4) is 0 Å². The van der Waals surface area contributed by atoms with Gasteiger partial charge in [0.05, 0.1) is 4.90 Å². The summed E-state index contributed by atoms with van der Waals surface area (Å²) in [6.45, 7) is 4.10. The Morgan fingerprint density at radius 2 is 2.00 bits per heavy atom. The van der Waals surface area contributed by atoms with Crippen molar-refractivity contribution in [2.75, 3.05) is 6.54 Å². The average molecular weight is 282 g/mol. The molecule has 1 aliphatic rings. The van der Waals surface area contributed by atoms with E-state index in [4.69, 9.17) is 5.14 Å². The van der Waals surface area contributed by atoms with Crippen molar-refractivity contribution in [3.63, 3.8) is 0 Å². The lowest BCUT2D eigenvalue weighted by Crippen LogP contribution is -2.26. The number of rotatable bonds is 4. The van der Waals surface area contributed by atoms with Gasteiger partial charge in [-0.3, -0.25) is 4.79 Å². The van der Waals surface area contributed by atoms with Crippen molar-refractivity contribution in [2.45, 2.75) is 31.6 Å². The van der Waals surface area contributed by atoms with Crippen molar-refractivity contribution in [3.8, 4) is 0 Å². The first-order chi connectivity index (χ1) is 8.79. The highest BCUT2D eigenvalue weighted by atomic mass is 32.2. The molecule has 5 nitrogen and oxygen atoms in total. The Morgan fingerprint density at radius 3 is 2.53 bits per heavy atom. The highest BCUT2D eigenvalue weighted by molar-refractivity contribution is 7.89. The Bertz CT molecular complexity index is 619. The van der Waals surface area contributed by atoms with Crippen LogP contribution in [0.4, 0.5) is 0 Å². The van der Waals surface area contributed by atoms with Crippen molar-refractivity contribution < 1.29 is 13.2 Å². The van der Waals surface area contributed by atoms with Crippen LogP contribution in [0.1, 0.15) is 34.3 Å². The minimum Gasteiger partial charge on any atom is -0.352 e. The van der Waals surface area contributed by atoms with Crippen LogP contribution in [0.5, 0.6) is 0 Å². The molecule has 0 heterocycles. The first kappa shape index (κ1) is 14.0. The smallest absolute Gasteiger partial charge is 0.251 e. The molecule has 1 fully saturated rings. The predicted octanol–water partition coefficient (Wildman–Crippen LogP) is 1.09. The molecule has 104 valence electrons. The van der Waals surface area contributed by atoms with Crippen LogP contribution in [0.15, 0.2) is 17.0 Å². The van der Waals surface area contributed by atoms with Gasteiger partial charge >= 0.3 is 0 Å². The summed E-state index contributed by atoms with van der Waals surface area (Å²) in [5.74, 6) is 0.327. The van der Waals surface area contributed by atoms with Gasteiger partial charge in [0.15, 0.2) is 0 Å². The molecule has 19 heavy (non-hydrogen) atoms. The van der Waals surface area contributed by atoms with Gasteiger partial charge in [-0.25, -0.2) is 13.6 Å². The number of carbonyl (C=O) groups is 1. The third kappa shape index (κ3) is 3.33. The number of aryl methyl sites for hydroxylation is 1. The number of benzene rings is 1. The van der Waals surface area contributed by atoms with Crippen LogP contribution in [0.2, 0.25) is 0 Å². The molecule has 6 heteroatoms. The SMILES string of the molecule is Cc1cc(C(=O)NCC2CC2)cc(S(N)(=O)=O)c1C. The van der Waals surface area contributed by atoms with E-state index >= 15 is 0 Å². The topological polar surface area (TPSA) is 89.3 Å². The molecular formula is C13H18N2O3S. The minimum absolute atomic E-state index is 0.0177. The van der Waals surface area contributed by atoms with Crippen LogP contribution < -0.4 is 10.5 Å². The van der Waals surface area contributed by atoms with E-state index in [-0.39, 0.29) is 10.8 Å². The number of primary sulfonamides is 1. The fourth-order valence-electron chi connectivity index (χ4n) is 1.91. The van der Waals surface area contributed by atoms with Gasteiger partial charge < -0.3 is 5.32 Å². The van der Waals surface area contributed by atoms with Gasteiger partial charge in [0.2, 0.25) is 10.0 Å². The number of sulfonamides is 1. The Morgan fingerprint density at radius 1 is 1.37 bits per heavy atom. The van der Waals surface area contributed by atoms with Gasteiger partial charge in [-0.05, 0) is 55.9 Å². The molecule has 1 aromatic carbocycles. The molecule has 2 rings (SSSR count). The fraction of sp³-hybridized carbons (Fsp3) is 0.462. The number of carbonyl (C=O) groups excluding carboxylic acids is 1. The summed E-state index contributed by atoms with van der Waals surface area (Å²) in [5.41, 5.74) is 1.66. The molecule has 0 unspecified atom stereocenters. The maximum Gasteiger partial charge on any atom is 0.251 e. The Kier molecular flexibility index (Phi) is 3.64. The summed E-state index contributed by atoms with van der Waals surface area (Å²) in [5, 5.41) is 7.98. The predicted molar refractivity (Wildman–Crippen MR) is 72.3 cm³/mol. The summed E-state index contributed by atoms with van der Waals surface area (Å²) in [6, 6.07) is 3.03. The number of nitrogens with one attached hydrogen (secondary N) is 1. The molecular weight excluding hydrogens is 264 g/mol. The van der Waals surface area contributed by atoms with Gasteiger partial charge in [0.1, 0.15) is 0 Å². The maximum atomic E-state index is 12.0. The second kappa shape index (κ2) is 4.94. The Hall–Kier alpha value is -1.40. The molecule has 0 radical (unpaired) electrons. The second-order valence-corrected chi connectivity index (χ2v) is 6.64. The lowest BCUT2D eigenvalue weighted by atomic mass is 10.1. The Labute approximate surface area is 113 Å². The zero-order chi connectivity index (χ0) is 14.2. The molecule has 0 saturated heterocycles. The van der Waals surface area contributed by atoms with Crippen LogP contribution in [-0.4, -0.2) is 20.9 Å². The molecule has 0 aromatic heterocycles. The molecule has 1 amide bonds. The van der Waals surface area contributed by atoms with E-state index in [0.29, 0.717) is 23.6 Å². The zero-order valence-corrected chi connectivity index (χ0v) is 11.9. The van der Waals surface area contributed by atoms with E-state index in [0.717, 1.165) is 18.4 Å². The molecule has 0 aliphatic heterocycles. The average Bonchev–Trinajstić information content (AvgIpc) is 3.11. The largest absolute Gasteiger partial charge is 0.352 e. The minimum atomic E-state index is -3.81. The zero-order valence-electron chi connectivity index (χ0n) is 11.1. The van der Waals surface area contributed by atoms with Crippen LogP contribution >= 0.6 is 0 Å². The maximum absolute atomic E-state index is 12.0. The molecule has 0 bridgehead atoms. The van der Waals surface area contributed by atoms with Gasteiger partial charge in [-0.1, -0.05) is 0 Å². The summed E-state index contributed by atoms with van der Waals surface area (Å²) in [4.78, 5) is 12.0. The Balaban J connectivity index is 2.30. The van der Waals surface area contributed by atoms with Crippen molar-refractivity contribution in [3.05, 3.63) is 28.8 Å². The molecule has 1 saturated carbocycles. The normalized spacial score (nSPS) is 15.3. The quantitative estimate of drug-likeness (QED) is 0.866. The third-order valence-corrected chi connectivity index (χ3v) is 4.47. The second-order valence-electron chi connectivity index (χ2n) is 5.11. The van der Waals surface area contributed by atoms with Crippen molar-refractivity contribution >= 4 is 15.9 Å². The molecule has 1 aromatic rings. The first-order valence-electron chi connectivity index (χ1n) is 6.21. The monoisotopic (exact) mass is 282 g/mol. The first-order valence-corrected chi connectivity index (χ1v) is 7.76. The van der Waals surface area contributed by atoms with E-state index in [9.17, 15) is 13.2 Å². The van der Waals surface area contributed by atoms with Crippen molar-refractivity contribution in [1.29, 1.82) is 0 Å². The van der Waals surface area contributed by atoms with Gasteiger partial charge in [-0.2, -0.15) is 0 Å². The van der Waals surface area contributed by atoms with E-state index < -0.39 is 10.0 Å². The van der Waals surface area contributed by atoms with Crippen LogP contribution in [-0.2, 0) is 10.0 Å². The number of hydrogen-bond acceptors (Lipinski definition) is 3. The van der Waals surface area contributed by atoms with E-state index in [1.54, 1.807) is 19.9 Å². The lowest BCUT2D eigenvalue weighted by Gasteiger charge is -2.11. The van der Waals surface area contributed by atoms with Crippen LogP contribution in [0, 0.1) is 19.8 Å². The highest BCUT2D eigenvalue weighted by Crippen LogP contribution is 2.27. The van der Waals surface area contributed by atoms with E-state index in [2.05, 4.69) is 5.32 Å². The molecule has 0 spiro atoms. The number of nitrogens with two attached hydrogens (primary N) is 1. The fourth-order valence-corrected chi connectivity index (χ4v) is 2.79. The summed E-state index contributed by atoms with van der Waals surface area (Å²) in [6.07, 6.45) is 2.30. The highest BCUT2D eigenvalue weighted by Gasteiger charge is 2.23. The number of amides is 1. The molecule has 3 N–H and O–H groups in total. The summed E-state index contributed by atoms with van der Waals surface area (Å²) < 4.78 is 23.0. The summed E-state index contributed by atoms with van der Waals surface area (Å²) >= 11 is 0. The van der Waals surface area contributed by atoms with E-state index in [1.807, 2.05) is 0 Å². The van der Waals surface area contributed by atoms with Gasteiger partial charge in [-0.15, -0.1) is 0 Å². The molecule has 0 atom stereocenters.